The molecule has 0 bridgehead atoms. The van der Waals surface area contributed by atoms with Crippen molar-refractivity contribution in [2.75, 3.05) is 7.05 Å². The van der Waals surface area contributed by atoms with Gasteiger partial charge in [0.1, 0.15) is 0 Å². The number of nitrogens with zero attached hydrogens (tertiary/aromatic N) is 1. The van der Waals surface area contributed by atoms with Gasteiger partial charge in [0.2, 0.25) is 0 Å². The van der Waals surface area contributed by atoms with Crippen molar-refractivity contribution in [1.29, 1.82) is 0 Å². The Balaban J connectivity index is 2.28. The highest BCUT2D eigenvalue weighted by molar-refractivity contribution is 6.30. The van der Waals surface area contributed by atoms with E-state index in [0.717, 1.165) is 5.02 Å². The number of nitrogens with two attached hydrogens (primary N) is 1. The van der Waals surface area contributed by atoms with Crippen LogP contribution in [-0.4, -0.2) is 18.0 Å². The molecule has 0 heterocycles. The Labute approximate surface area is 132 Å². The van der Waals surface area contributed by atoms with Crippen molar-refractivity contribution in [1.82, 2.24) is 4.90 Å². The van der Waals surface area contributed by atoms with Crippen molar-refractivity contribution in [3.63, 3.8) is 0 Å². The quantitative estimate of drug-likeness (QED) is 0.886. The second kappa shape index (κ2) is 7.08. The smallest absolute Gasteiger partial charge is 0.0499 e. The first kappa shape index (κ1) is 16.0. The molecule has 0 amide bonds. The van der Waals surface area contributed by atoms with Gasteiger partial charge in [-0.05, 0) is 44.2 Å². The summed E-state index contributed by atoms with van der Waals surface area (Å²) in [5.41, 5.74) is 8.69. The molecule has 112 valence electrons. The summed E-state index contributed by atoms with van der Waals surface area (Å²) in [6.07, 6.45) is 0. The van der Waals surface area contributed by atoms with Gasteiger partial charge in [0.05, 0.1) is 0 Å². The van der Waals surface area contributed by atoms with Gasteiger partial charge < -0.3 is 5.73 Å². The lowest BCUT2D eigenvalue weighted by Crippen LogP contribution is -2.38. The highest BCUT2D eigenvalue weighted by Crippen LogP contribution is 2.31. The lowest BCUT2D eigenvalue weighted by Gasteiger charge is -2.36. The van der Waals surface area contributed by atoms with Gasteiger partial charge in [0.25, 0.3) is 0 Å². The predicted octanol–water partition coefficient (Wildman–Crippen LogP) is 4.42. The molecule has 2 rings (SSSR count). The summed E-state index contributed by atoms with van der Waals surface area (Å²) in [6, 6.07) is 18.9. The molecule has 2 nitrogen and oxygen atoms in total. The van der Waals surface area contributed by atoms with Gasteiger partial charge in [-0.2, -0.15) is 0 Å². The van der Waals surface area contributed by atoms with Crippen molar-refractivity contribution in [2.24, 2.45) is 5.73 Å². The summed E-state index contributed by atoms with van der Waals surface area (Å²) in [5, 5.41) is 0.768. The second-order valence-corrected chi connectivity index (χ2v) is 6.05. The summed E-state index contributed by atoms with van der Waals surface area (Å²) in [6.45, 7) is 4.24. The van der Waals surface area contributed by atoms with Gasteiger partial charge in [-0.25, -0.2) is 0 Å². The van der Waals surface area contributed by atoms with E-state index in [4.69, 9.17) is 17.3 Å². The van der Waals surface area contributed by atoms with Crippen molar-refractivity contribution >= 4 is 11.6 Å². The van der Waals surface area contributed by atoms with Crippen LogP contribution in [0.2, 0.25) is 5.02 Å². The van der Waals surface area contributed by atoms with Crippen LogP contribution in [0.5, 0.6) is 0 Å². The Hall–Kier alpha value is -1.35. The number of likely N-dealkylation sites (N-methyl/N-ethyl adjacent to an activating group) is 1. The first-order valence-electron chi connectivity index (χ1n) is 7.28. The van der Waals surface area contributed by atoms with Crippen LogP contribution in [0.15, 0.2) is 54.6 Å². The van der Waals surface area contributed by atoms with E-state index >= 15 is 0 Å². The van der Waals surface area contributed by atoms with Crippen LogP contribution in [0, 0.1) is 0 Å². The fraction of sp³-hybridized carbons (Fsp3) is 0.333. The molecule has 3 heteroatoms. The Morgan fingerprint density at radius 2 is 1.57 bits per heavy atom. The van der Waals surface area contributed by atoms with Crippen molar-refractivity contribution in [3.05, 3.63) is 70.7 Å². The number of benzene rings is 2. The van der Waals surface area contributed by atoms with Crippen LogP contribution in [0.1, 0.15) is 37.1 Å². The fourth-order valence-electron chi connectivity index (χ4n) is 2.80. The largest absolute Gasteiger partial charge is 0.326 e. The maximum Gasteiger partial charge on any atom is 0.0499 e. The lowest BCUT2D eigenvalue weighted by molar-refractivity contribution is 0.166. The molecule has 0 fully saturated rings. The monoisotopic (exact) mass is 302 g/mol. The van der Waals surface area contributed by atoms with E-state index in [2.05, 4.69) is 56.1 Å². The molecule has 0 spiro atoms. The molecule has 2 N–H and O–H groups in total. The average molecular weight is 303 g/mol. The van der Waals surface area contributed by atoms with Gasteiger partial charge in [-0.15, -0.1) is 0 Å². The van der Waals surface area contributed by atoms with Gasteiger partial charge in [-0.3, -0.25) is 4.90 Å². The van der Waals surface area contributed by atoms with Crippen molar-refractivity contribution in [3.8, 4) is 0 Å². The Morgan fingerprint density at radius 1 is 0.952 bits per heavy atom. The highest BCUT2D eigenvalue weighted by atomic mass is 35.5. The molecule has 2 aromatic carbocycles. The number of hydrogen-bond donors (Lipinski definition) is 1. The highest BCUT2D eigenvalue weighted by Gasteiger charge is 2.25. The second-order valence-electron chi connectivity index (χ2n) is 5.61. The third-order valence-electron chi connectivity index (χ3n) is 4.02. The molecule has 0 radical (unpaired) electrons. The van der Waals surface area contributed by atoms with E-state index in [9.17, 15) is 0 Å². The molecule has 0 saturated carbocycles. The van der Waals surface area contributed by atoms with Crippen molar-refractivity contribution < 1.29 is 0 Å². The topological polar surface area (TPSA) is 29.3 Å². The maximum absolute atomic E-state index is 6.25. The maximum atomic E-state index is 6.25. The average Bonchev–Trinajstić information content (AvgIpc) is 2.47. The normalized spacial score (nSPS) is 15.7. The van der Waals surface area contributed by atoms with E-state index in [-0.39, 0.29) is 18.1 Å². The van der Waals surface area contributed by atoms with Crippen LogP contribution < -0.4 is 5.73 Å². The molecule has 3 atom stereocenters. The summed E-state index contributed by atoms with van der Waals surface area (Å²) in [4.78, 5) is 2.31. The van der Waals surface area contributed by atoms with E-state index in [1.165, 1.54) is 11.1 Å². The first-order valence-corrected chi connectivity index (χ1v) is 7.66. The Bertz CT molecular complexity index is 568. The molecule has 21 heavy (non-hydrogen) atoms. The number of halogens is 1. The Morgan fingerprint density at radius 3 is 2.14 bits per heavy atom. The summed E-state index contributed by atoms with van der Waals surface area (Å²) >= 11 is 6.11. The van der Waals surface area contributed by atoms with Crippen LogP contribution in [0.4, 0.5) is 0 Å². The van der Waals surface area contributed by atoms with E-state index < -0.39 is 0 Å². The lowest BCUT2D eigenvalue weighted by atomic mass is 9.96. The van der Waals surface area contributed by atoms with Crippen molar-refractivity contribution in [2.45, 2.75) is 32.0 Å². The molecule has 0 aliphatic carbocycles. The van der Waals surface area contributed by atoms with Crippen LogP contribution in [0.3, 0.4) is 0 Å². The standard InChI is InChI=1S/C18H23ClN2/c1-13(20)18(15-8-5-4-6-9-15)21(3)14(2)16-10-7-11-17(19)12-16/h4-14,18H,20H2,1-3H3. The predicted molar refractivity (Wildman–Crippen MR) is 90.5 cm³/mol. The number of rotatable bonds is 5. The van der Waals surface area contributed by atoms with Gasteiger partial charge >= 0.3 is 0 Å². The van der Waals surface area contributed by atoms with Gasteiger partial charge in [0.15, 0.2) is 0 Å². The summed E-state index contributed by atoms with van der Waals surface area (Å²) in [7, 11) is 2.12. The SMILES string of the molecule is CC(N)C(c1ccccc1)N(C)C(C)c1cccc(Cl)c1. The molecule has 0 aliphatic rings. The summed E-state index contributed by atoms with van der Waals surface area (Å²) in [5.74, 6) is 0. The molecule has 0 saturated heterocycles. The van der Waals surface area contributed by atoms with Gasteiger partial charge in [0, 0.05) is 23.1 Å². The molecule has 2 aromatic rings. The molecule has 0 aliphatic heterocycles. The summed E-state index contributed by atoms with van der Waals surface area (Å²) < 4.78 is 0. The third kappa shape index (κ3) is 3.85. The Kier molecular flexibility index (Phi) is 5.40. The molecular formula is C18H23ClN2. The molecule has 3 unspecified atom stereocenters. The minimum atomic E-state index is 0.0408. The zero-order valence-corrected chi connectivity index (χ0v) is 13.6. The van der Waals surface area contributed by atoms with E-state index in [0.29, 0.717) is 0 Å². The fourth-order valence-corrected chi connectivity index (χ4v) is 3.00. The molecule has 0 aromatic heterocycles. The zero-order chi connectivity index (χ0) is 15.4. The molecular weight excluding hydrogens is 280 g/mol. The zero-order valence-electron chi connectivity index (χ0n) is 12.8. The minimum Gasteiger partial charge on any atom is -0.326 e. The van der Waals surface area contributed by atoms with Crippen LogP contribution >= 0.6 is 11.6 Å². The van der Waals surface area contributed by atoms with E-state index in [1.54, 1.807) is 0 Å². The van der Waals surface area contributed by atoms with Crippen LogP contribution in [0.25, 0.3) is 0 Å². The van der Waals surface area contributed by atoms with E-state index in [1.807, 2.05) is 24.3 Å². The van der Waals surface area contributed by atoms with Gasteiger partial charge in [-0.1, -0.05) is 54.1 Å². The third-order valence-corrected chi connectivity index (χ3v) is 4.25. The minimum absolute atomic E-state index is 0.0408. The van der Waals surface area contributed by atoms with Crippen LogP contribution in [-0.2, 0) is 0 Å². The number of hydrogen-bond acceptors (Lipinski definition) is 2. The first-order chi connectivity index (χ1) is 10.0.